The molecule has 1 aromatic rings. The highest BCUT2D eigenvalue weighted by atomic mass is 16.6. The number of imide groups is 1. The number of esters is 1. The third kappa shape index (κ3) is 19.8. The van der Waals surface area contributed by atoms with Crippen LogP contribution in [0.25, 0.3) is 0 Å². The summed E-state index contributed by atoms with van der Waals surface area (Å²) in [4.78, 5) is 36.7. The van der Waals surface area contributed by atoms with E-state index in [1.807, 2.05) is 0 Å². The number of hydrogen-bond acceptors (Lipinski definition) is 14. The van der Waals surface area contributed by atoms with Crippen molar-refractivity contribution in [2.45, 2.75) is 6.42 Å². The molecular weight excluding hydrogens is 622 g/mol. The van der Waals surface area contributed by atoms with Gasteiger partial charge >= 0.3 is 5.97 Å². The number of ether oxygens (including phenoxy) is 11. The molecule has 0 atom stereocenters. The van der Waals surface area contributed by atoms with E-state index in [-0.39, 0.29) is 37.4 Å². The molecule has 1 aliphatic heterocycles. The smallest absolute Gasteiger partial charge is 0.307 e. The zero-order valence-electron chi connectivity index (χ0n) is 27.5. The van der Waals surface area contributed by atoms with E-state index in [1.54, 1.807) is 24.3 Å². The molecule has 268 valence electrons. The van der Waals surface area contributed by atoms with Gasteiger partial charge in [0.25, 0.3) is 11.8 Å². The lowest BCUT2D eigenvalue weighted by Gasteiger charge is -2.13. The number of rotatable bonds is 33. The van der Waals surface area contributed by atoms with Crippen LogP contribution in [0.5, 0.6) is 0 Å². The summed E-state index contributed by atoms with van der Waals surface area (Å²) in [6.07, 6.45) is 0.238. The van der Waals surface area contributed by atoms with E-state index >= 15 is 0 Å². The molecule has 1 aromatic carbocycles. The Kier molecular flexibility index (Phi) is 24.6. The highest BCUT2D eigenvalue weighted by Gasteiger charge is 2.34. The van der Waals surface area contributed by atoms with E-state index in [1.165, 1.54) is 12.0 Å². The van der Waals surface area contributed by atoms with Crippen molar-refractivity contribution in [3.8, 4) is 0 Å². The van der Waals surface area contributed by atoms with Crippen molar-refractivity contribution in [2.24, 2.45) is 0 Å². The summed E-state index contributed by atoms with van der Waals surface area (Å²) >= 11 is 0. The van der Waals surface area contributed by atoms with Gasteiger partial charge in [-0.3, -0.25) is 19.3 Å². The molecule has 1 heterocycles. The minimum absolute atomic E-state index is 0.210. The second-order valence-corrected chi connectivity index (χ2v) is 9.76. The number of benzene rings is 1. The van der Waals surface area contributed by atoms with Crippen molar-refractivity contribution in [2.75, 3.05) is 146 Å². The van der Waals surface area contributed by atoms with Gasteiger partial charge < -0.3 is 52.1 Å². The molecule has 0 fully saturated rings. The number of hydrogen-bond donors (Lipinski definition) is 0. The largest absolute Gasteiger partial charge is 0.469 e. The zero-order valence-corrected chi connectivity index (χ0v) is 27.5. The summed E-state index contributed by atoms with van der Waals surface area (Å²) in [5.74, 6) is -0.854. The molecule has 15 heteroatoms. The summed E-state index contributed by atoms with van der Waals surface area (Å²) < 4.78 is 58.8. The Balaban J connectivity index is 1.18. The Labute approximate surface area is 276 Å². The third-order valence-corrected chi connectivity index (χ3v) is 6.36. The highest BCUT2D eigenvalue weighted by molar-refractivity contribution is 6.21. The normalized spacial score (nSPS) is 12.7. The summed E-state index contributed by atoms with van der Waals surface area (Å²) in [5, 5.41) is 0. The lowest BCUT2D eigenvalue weighted by molar-refractivity contribution is -0.141. The Morgan fingerprint density at radius 3 is 1.04 bits per heavy atom. The van der Waals surface area contributed by atoms with Crippen molar-refractivity contribution >= 4 is 17.8 Å². The van der Waals surface area contributed by atoms with Gasteiger partial charge in [0.15, 0.2) is 0 Å². The molecule has 0 aliphatic carbocycles. The van der Waals surface area contributed by atoms with Gasteiger partial charge in [-0.05, 0) is 12.1 Å². The van der Waals surface area contributed by atoms with Gasteiger partial charge in [-0.25, -0.2) is 0 Å². The van der Waals surface area contributed by atoms with E-state index in [0.29, 0.717) is 137 Å². The predicted octanol–water partition coefficient (Wildman–Crippen LogP) is 1.01. The molecule has 0 bridgehead atoms. The number of fused-ring (bicyclic) bond motifs is 1. The fourth-order valence-corrected chi connectivity index (χ4v) is 3.94. The van der Waals surface area contributed by atoms with E-state index in [2.05, 4.69) is 4.74 Å². The number of nitrogens with zero attached hydrogens (tertiary/aromatic N) is 1. The molecule has 47 heavy (non-hydrogen) atoms. The van der Waals surface area contributed by atoms with Gasteiger partial charge in [0.1, 0.15) is 0 Å². The summed E-state index contributed by atoms with van der Waals surface area (Å²) in [7, 11) is 1.35. The van der Waals surface area contributed by atoms with Gasteiger partial charge in [-0.15, -0.1) is 0 Å². The topological polar surface area (TPSA) is 156 Å². The van der Waals surface area contributed by atoms with E-state index in [0.717, 1.165) is 0 Å². The van der Waals surface area contributed by atoms with Crippen molar-refractivity contribution in [1.82, 2.24) is 4.90 Å². The minimum Gasteiger partial charge on any atom is -0.469 e. The first-order valence-corrected chi connectivity index (χ1v) is 15.9. The number of carbonyl (C=O) groups excluding carboxylic acids is 3. The van der Waals surface area contributed by atoms with Crippen molar-refractivity contribution in [1.29, 1.82) is 0 Å². The maximum atomic E-state index is 12.3. The fraction of sp³-hybridized carbons (Fsp3) is 0.719. The Morgan fingerprint density at radius 1 is 0.468 bits per heavy atom. The number of carbonyl (C=O) groups is 3. The standard InChI is InChI=1S/C32H51NO14/c1-37-30(34)6-8-38-10-12-40-14-16-42-18-20-44-22-24-46-26-27-47-25-23-45-21-19-43-17-15-41-13-11-39-9-7-33-31(35)28-4-2-3-5-29(28)32(33)36/h2-5H,6-27H2,1H3. The molecule has 15 nitrogen and oxygen atoms in total. The Bertz CT molecular complexity index is 930. The second-order valence-electron chi connectivity index (χ2n) is 9.76. The summed E-state index contributed by atoms with van der Waals surface area (Å²) in [5.41, 5.74) is 0.877. The average Bonchev–Trinajstić information content (AvgIpc) is 3.33. The van der Waals surface area contributed by atoms with Gasteiger partial charge in [0, 0.05) is 0 Å². The van der Waals surface area contributed by atoms with Crippen LogP contribution in [0.1, 0.15) is 27.1 Å². The van der Waals surface area contributed by atoms with Crippen molar-refractivity contribution < 1.29 is 66.5 Å². The SMILES string of the molecule is COC(=O)CCOCCOCCOCCOCCOCCOCCOCCOCCOCCOCCN1C(=O)c2ccccc2C1=O. The highest BCUT2D eigenvalue weighted by Crippen LogP contribution is 2.21. The van der Waals surface area contributed by atoms with E-state index in [9.17, 15) is 14.4 Å². The van der Waals surface area contributed by atoms with Crippen LogP contribution >= 0.6 is 0 Å². The van der Waals surface area contributed by atoms with Gasteiger partial charge in [0.05, 0.1) is 163 Å². The first-order valence-electron chi connectivity index (χ1n) is 15.9. The third-order valence-electron chi connectivity index (χ3n) is 6.36. The molecule has 0 aromatic heterocycles. The number of methoxy groups -OCH3 is 1. The summed E-state index contributed by atoms with van der Waals surface area (Å²) in [6.45, 7) is 8.92. The van der Waals surface area contributed by atoms with E-state index in [4.69, 9.17) is 47.4 Å². The van der Waals surface area contributed by atoms with Crippen LogP contribution < -0.4 is 0 Å². The van der Waals surface area contributed by atoms with Crippen LogP contribution in [0, 0.1) is 0 Å². The van der Waals surface area contributed by atoms with Crippen LogP contribution in [0.15, 0.2) is 24.3 Å². The van der Waals surface area contributed by atoms with Crippen LogP contribution in [0.4, 0.5) is 0 Å². The molecule has 2 amide bonds. The molecule has 0 saturated carbocycles. The molecule has 0 spiro atoms. The second kappa shape index (κ2) is 28.4. The first-order chi connectivity index (χ1) is 23.1. The molecule has 1 aliphatic rings. The van der Waals surface area contributed by atoms with Crippen LogP contribution in [-0.4, -0.2) is 168 Å². The molecule has 2 rings (SSSR count). The average molecular weight is 674 g/mol. The molecular formula is C32H51NO14. The molecule has 0 saturated heterocycles. The van der Waals surface area contributed by atoms with Crippen LogP contribution in [-0.2, 0) is 56.9 Å². The Hall–Kier alpha value is -2.57. The van der Waals surface area contributed by atoms with E-state index < -0.39 is 0 Å². The summed E-state index contributed by atoms with van der Waals surface area (Å²) in [6, 6.07) is 6.81. The molecule has 0 radical (unpaired) electrons. The van der Waals surface area contributed by atoms with Crippen LogP contribution in [0.3, 0.4) is 0 Å². The zero-order chi connectivity index (χ0) is 33.6. The van der Waals surface area contributed by atoms with Crippen molar-refractivity contribution in [3.63, 3.8) is 0 Å². The predicted molar refractivity (Wildman–Crippen MR) is 167 cm³/mol. The van der Waals surface area contributed by atoms with Gasteiger partial charge in [-0.2, -0.15) is 0 Å². The molecule has 0 N–H and O–H groups in total. The lowest BCUT2D eigenvalue weighted by atomic mass is 10.1. The number of amides is 2. The maximum Gasteiger partial charge on any atom is 0.307 e. The first kappa shape index (κ1) is 40.6. The quantitative estimate of drug-likeness (QED) is 0.0592. The Morgan fingerprint density at radius 2 is 0.745 bits per heavy atom. The van der Waals surface area contributed by atoms with Crippen molar-refractivity contribution in [3.05, 3.63) is 35.4 Å². The lowest BCUT2D eigenvalue weighted by Crippen LogP contribution is -2.33. The van der Waals surface area contributed by atoms with Crippen LogP contribution in [0.2, 0.25) is 0 Å². The minimum atomic E-state index is -0.292. The van der Waals surface area contributed by atoms with Gasteiger partial charge in [-0.1, -0.05) is 12.1 Å². The fourth-order valence-electron chi connectivity index (χ4n) is 3.94. The molecule has 0 unspecified atom stereocenters. The van der Waals surface area contributed by atoms with Gasteiger partial charge in [0.2, 0.25) is 0 Å². The maximum absolute atomic E-state index is 12.3. The monoisotopic (exact) mass is 673 g/mol.